The Balaban J connectivity index is 0.000000541. The number of likely N-dealkylation sites (N-methyl/N-ethyl adjacent to an activating group) is 1. The van der Waals surface area contributed by atoms with Crippen molar-refractivity contribution in [2.75, 3.05) is 13.6 Å². The van der Waals surface area contributed by atoms with Crippen molar-refractivity contribution >= 4 is 36.1 Å². The van der Waals surface area contributed by atoms with Gasteiger partial charge in [0.25, 0.3) is 5.91 Å². The Hall–Kier alpha value is -4.46. The van der Waals surface area contributed by atoms with E-state index >= 15 is 0 Å². The highest BCUT2D eigenvalue weighted by atomic mass is 16.4. The molecule has 1 aromatic carbocycles. The zero-order valence-electron chi connectivity index (χ0n) is 32.0. The summed E-state index contributed by atoms with van der Waals surface area (Å²) in [5.74, 6) is -2.16. The van der Waals surface area contributed by atoms with Crippen LogP contribution in [-0.4, -0.2) is 94.3 Å². The maximum atomic E-state index is 13.1. The fraction of sp³-hybridized carbons (Fsp3) is 0.550. The second kappa shape index (κ2) is 25.5. The van der Waals surface area contributed by atoms with Crippen molar-refractivity contribution in [3.63, 3.8) is 0 Å². The van der Waals surface area contributed by atoms with Crippen molar-refractivity contribution in [3.05, 3.63) is 65.8 Å². The van der Waals surface area contributed by atoms with Crippen molar-refractivity contribution in [1.82, 2.24) is 21.1 Å². The van der Waals surface area contributed by atoms with Crippen LogP contribution in [0.25, 0.3) is 0 Å². The Morgan fingerprint density at radius 2 is 1.75 bits per heavy atom. The number of aromatic hydroxyl groups is 1. The number of allylic oxidation sites excluding steroid dienone is 6. The van der Waals surface area contributed by atoms with E-state index in [2.05, 4.69) is 16.1 Å². The number of carboxylic acid groups (broad SMARTS) is 1. The second-order valence-electron chi connectivity index (χ2n) is 13.9. The summed E-state index contributed by atoms with van der Waals surface area (Å²) < 4.78 is 0. The van der Waals surface area contributed by atoms with Gasteiger partial charge in [0, 0.05) is 25.3 Å². The first-order valence-electron chi connectivity index (χ1n) is 18.3. The molecule has 53 heavy (non-hydrogen) atoms. The Kier molecular flexibility index (Phi) is 22.4. The summed E-state index contributed by atoms with van der Waals surface area (Å²) in [6.45, 7) is 9.47. The van der Waals surface area contributed by atoms with Crippen LogP contribution in [0, 0.1) is 17.8 Å². The molecule has 1 aliphatic heterocycles. The number of benzene rings is 1. The minimum Gasteiger partial charge on any atom is -0.508 e. The molecule has 0 aliphatic carbocycles. The molecular formula is C40H60N4O9. The number of carbonyl (C=O) groups is 6. The summed E-state index contributed by atoms with van der Waals surface area (Å²) in [5, 5.41) is 36.2. The van der Waals surface area contributed by atoms with Gasteiger partial charge in [-0.25, -0.2) is 5.43 Å². The number of phenolic OH excluding ortho intramolecular Hbond substituents is 1. The van der Waals surface area contributed by atoms with E-state index in [4.69, 9.17) is 0 Å². The lowest BCUT2D eigenvalue weighted by Gasteiger charge is -2.35. The van der Waals surface area contributed by atoms with E-state index < -0.39 is 42.0 Å². The summed E-state index contributed by atoms with van der Waals surface area (Å²) in [7, 11) is 1.68. The van der Waals surface area contributed by atoms with E-state index in [0.717, 1.165) is 31.0 Å². The standard InChI is InChI=1S/C20H30N4O5.C20H30O4/c1-12(2)17(21-3)18(26)22-16(11-13-6-4-7-14(25)10-13)19(27)24-9-5-8-15(23-24)20(28)29;1-16(13-14-21)9-7-5-4-6-8-10-17(2)20(24)19(15-22)12-11-18(3)23/h4,6-7,10,12,15-17,21,23,25H,5,8-9,11H2,1-3H3,(H,22,26)(H,28,29);4-6,8,13-15,17,19-20,24H,7,9-12H2,1-3H3/b;5-4+,8-6+,16-13+. The molecule has 13 heteroatoms. The molecule has 1 heterocycles. The Bertz CT molecular complexity index is 1420. The minimum absolute atomic E-state index is 0.0148. The third-order valence-electron chi connectivity index (χ3n) is 8.95. The number of hydrogen-bond acceptors (Lipinski definition) is 10. The number of hydrazine groups is 1. The number of phenols is 1. The van der Waals surface area contributed by atoms with Gasteiger partial charge in [-0.3, -0.25) is 24.2 Å². The zero-order valence-corrected chi connectivity index (χ0v) is 32.0. The molecule has 0 spiro atoms. The zero-order chi connectivity index (χ0) is 39.9. The van der Waals surface area contributed by atoms with Crippen molar-refractivity contribution in [2.45, 2.75) is 110 Å². The van der Waals surface area contributed by atoms with E-state index in [9.17, 15) is 44.1 Å². The number of ketones is 1. The van der Waals surface area contributed by atoms with Crippen LogP contribution in [-0.2, 0) is 35.2 Å². The molecule has 6 N–H and O–H groups in total. The smallest absolute Gasteiger partial charge is 0.322 e. The molecule has 1 saturated heterocycles. The number of aliphatic carboxylic acids is 1. The van der Waals surface area contributed by atoms with Gasteiger partial charge in [-0.2, -0.15) is 0 Å². The number of nitrogens with zero attached hydrogens (tertiary/aromatic N) is 1. The van der Waals surface area contributed by atoms with E-state index in [1.807, 2.05) is 52.0 Å². The number of nitrogens with one attached hydrogen (secondary N) is 3. The highest BCUT2D eigenvalue weighted by molar-refractivity contribution is 5.90. The summed E-state index contributed by atoms with van der Waals surface area (Å²) in [5.41, 5.74) is 4.48. The summed E-state index contributed by atoms with van der Waals surface area (Å²) >= 11 is 0. The number of aldehydes is 2. The van der Waals surface area contributed by atoms with Gasteiger partial charge in [0.05, 0.1) is 12.1 Å². The number of aliphatic hydroxyl groups is 1. The van der Waals surface area contributed by atoms with Crippen molar-refractivity contribution < 1.29 is 44.1 Å². The predicted octanol–water partition coefficient (Wildman–Crippen LogP) is 3.84. The van der Waals surface area contributed by atoms with Crippen LogP contribution in [0.15, 0.2) is 60.2 Å². The molecular weight excluding hydrogens is 680 g/mol. The molecule has 2 rings (SSSR count). The van der Waals surface area contributed by atoms with Crippen molar-refractivity contribution in [1.29, 1.82) is 0 Å². The van der Waals surface area contributed by atoms with Crippen LogP contribution in [0.1, 0.15) is 85.1 Å². The largest absolute Gasteiger partial charge is 0.508 e. The summed E-state index contributed by atoms with van der Waals surface area (Å²) in [4.78, 5) is 69.5. The SMILES string of the molecule is CC(=O)CCC(C=O)C(O)C(C)C/C=C/C=C/CC/C(C)=C/C=O.CNC(C(=O)NC(Cc1cccc(O)c1)C(=O)N1CCCC(C(=O)O)N1)C(C)C. The average molecular weight is 741 g/mol. The molecule has 2 amide bonds. The van der Waals surface area contributed by atoms with Gasteiger partial charge in [-0.1, -0.05) is 62.8 Å². The van der Waals surface area contributed by atoms with Crippen LogP contribution in [0.2, 0.25) is 0 Å². The Morgan fingerprint density at radius 3 is 2.34 bits per heavy atom. The highest BCUT2D eigenvalue weighted by Crippen LogP contribution is 2.20. The van der Waals surface area contributed by atoms with E-state index in [1.54, 1.807) is 25.3 Å². The molecule has 0 saturated carbocycles. The van der Waals surface area contributed by atoms with Crippen LogP contribution >= 0.6 is 0 Å². The molecule has 294 valence electrons. The van der Waals surface area contributed by atoms with Gasteiger partial charge in [0.2, 0.25) is 5.91 Å². The number of Topliss-reactive ketones (excluding diaryl/α,β-unsaturated/α-hetero) is 1. The van der Waals surface area contributed by atoms with Crippen molar-refractivity contribution in [3.8, 4) is 5.75 Å². The van der Waals surface area contributed by atoms with Gasteiger partial charge in [0.15, 0.2) is 0 Å². The molecule has 1 aliphatic rings. The number of amides is 2. The lowest BCUT2D eigenvalue weighted by atomic mass is 9.87. The van der Waals surface area contributed by atoms with Crippen LogP contribution < -0.4 is 16.1 Å². The van der Waals surface area contributed by atoms with Crippen LogP contribution in [0.5, 0.6) is 5.75 Å². The molecule has 1 fully saturated rings. The molecule has 0 bridgehead atoms. The first-order valence-corrected chi connectivity index (χ1v) is 18.3. The molecule has 0 aromatic heterocycles. The minimum atomic E-state index is -1.02. The van der Waals surface area contributed by atoms with Crippen LogP contribution in [0.4, 0.5) is 0 Å². The fourth-order valence-corrected chi connectivity index (χ4v) is 5.77. The van der Waals surface area contributed by atoms with Gasteiger partial charge < -0.3 is 35.5 Å². The molecule has 13 nitrogen and oxygen atoms in total. The molecule has 1 aromatic rings. The normalized spacial score (nSPS) is 17.7. The topological polar surface area (TPSA) is 202 Å². The Morgan fingerprint density at radius 1 is 1.06 bits per heavy atom. The Labute approximate surface area is 314 Å². The maximum Gasteiger partial charge on any atom is 0.322 e. The lowest BCUT2D eigenvalue weighted by Crippen LogP contribution is -2.61. The second-order valence-corrected chi connectivity index (χ2v) is 13.9. The van der Waals surface area contributed by atoms with Gasteiger partial charge in [-0.15, -0.1) is 0 Å². The number of rotatable bonds is 21. The third kappa shape index (κ3) is 18.2. The van der Waals surface area contributed by atoms with Crippen molar-refractivity contribution in [2.24, 2.45) is 17.8 Å². The van der Waals surface area contributed by atoms with E-state index in [-0.39, 0.29) is 35.7 Å². The van der Waals surface area contributed by atoms with Gasteiger partial charge >= 0.3 is 5.97 Å². The highest BCUT2D eigenvalue weighted by Gasteiger charge is 2.34. The monoisotopic (exact) mass is 740 g/mol. The molecule has 6 atom stereocenters. The number of carboxylic acids is 1. The van der Waals surface area contributed by atoms with Crippen LogP contribution in [0.3, 0.4) is 0 Å². The maximum absolute atomic E-state index is 13.1. The van der Waals surface area contributed by atoms with Gasteiger partial charge in [0.1, 0.15) is 36.2 Å². The summed E-state index contributed by atoms with van der Waals surface area (Å²) in [6, 6.07) is 4.26. The number of aliphatic hydroxyl groups excluding tert-OH is 1. The number of hydrogen-bond donors (Lipinski definition) is 6. The first kappa shape index (κ1) is 46.6. The summed E-state index contributed by atoms with van der Waals surface area (Å²) in [6.07, 6.45) is 14.5. The first-order chi connectivity index (χ1) is 25.1. The van der Waals surface area contributed by atoms with Gasteiger partial charge in [-0.05, 0) is 95.0 Å². The average Bonchev–Trinajstić information content (AvgIpc) is 3.11. The lowest BCUT2D eigenvalue weighted by molar-refractivity contribution is -0.148. The predicted molar refractivity (Wildman–Crippen MR) is 204 cm³/mol. The van der Waals surface area contributed by atoms with E-state index in [0.29, 0.717) is 44.2 Å². The van der Waals surface area contributed by atoms with E-state index in [1.165, 1.54) is 24.1 Å². The fourth-order valence-electron chi connectivity index (χ4n) is 5.77. The molecule has 0 radical (unpaired) electrons. The quantitative estimate of drug-likeness (QED) is 0.0608. The number of carbonyl (C=O) groups excluding carboxylic acids is 5. The third-order valence-corrected chi connectivity index (χ3v) is 8.95. The molecule has 6 unspecified atom stereocenters.